The molecule has 1 aliphatic rings. The number of nitrogens with one attached hydrogen (secondary N) is 1. The molecule has 0 aliphatic carbocycles. The summed E-state index contributed by atoms with van der Waals surface area (Å²) in [6.07, 6.45) is 3.33. The van der Waals surface area contributed by atoms with Crippen LogP contribution in [-0.2, 0) is 0 Å². The molecule has 7 heavy (non-hydrogen) atoms. The fraction of sp³-hybridized carbons (Fsp3) is 0. The molecule has 1 aliphatic heterocycles. The molecular formula is C4H5N3. The van der Waals surface area contributed by atoms with Gasteiger partial charge in [-0.15, -0.1) is 5.11 Å². The molecular weight excluding hydrogens is 90.1 g/mol. The molecule has 3 nitrogen and oxygen atoms in total. The van der Waals surface area contributed by atoms with Crippen LogP contribution in [-0.4, -0.2) is 0 Å². The van der Waals surface area contributed by atoms with Crippen LogP contribution < -0.4 is 5.43 Å². The van der Waals surface area contributed by atoms with Gasteiger partial charge in [0.25, 0.3) is 0 Å². The summed E-state index contributed by atoms with van der Waals surface area (Å²) in [5.41, 5.74) is 3.33. The van der Waals surface area contributed by atoms with E-state index in [0.717, 1.165) is 5.70 Å². The van der Waals surface area contributed by atoms with E-state index in [0.29, 0.717) is 0 Å². The first-order valence-corrected chi connectivity index (χ1v) is 1.91. The van der Waals surface area contributed by atoms with Gasteiger partial charge < -0.3 is 0 Å². The normalized spacial score (nSPS) is 16.9. The molecule has 0 fully saturated rings. The summed E-state index contributed by atoms with van der Waals surface area (Å²) < 4.78 is 0. The van der Waals surface area contributed by atoms with Crippen LogP contribution in [0.15, 0.2) is 34.9 Å². The van der Waals surface area contributed by atoms with Crippen molar-refractivity contribution in [3.63, 3.8) is 0 Å². The van der Waals surface area contributed by atoms with Gasteiger partial charge in [0.2, 0.25) is 0 Å². The van der Waals surface area contributed by atoms with E-state index in [-0.39, 0.29) is 0 Å². The van der Waals surface area contributed by atoms with E-state index >= 15 is 0 Å². The largest absolute Gasteiger partial charge is 0.260 e. The number of allylic oxidation sites excluding steroid dienone is 1. The average Bonchev–Trinajstić information content (AvgIpc) is 1.69. The van der Waals surface area contributed by atoms with Crippen molar-refractivity contribution in [2.75, 3.05) is 0 Å². The Morgan fingerprint density at radius 3 is 2.86 bits per heavy atom. The van der Waals surface area contributed by atoms with Gasteiger partial charge in [-0.1, -0.05) is 11.8 Å². The van der Waals surface area contributed by atoms with Gasteiger partial charge in [-0.2, -0.15) is 0 Å². The molecule has 0 aromatic carbocycles. The summed E-state index contributed by atoms with van der Waals surface area (Å²) in [7, 11) is 0. The lowest BCUT2D eigenvalue weighted by atomic mass is 10.5. The van der Waals surface area contributed by atoms with Crippen LogP contribution in [0.25, 0.3) is 0 Å². The second-order valence-corrected chi connectivity index (χ2v) is 1.17. The van der Waals surface area contributed by atoms with E-state index in [9.17, 15) is 0 Å². The molecule has 1 N–H and O–H groups in total. The van der Waals surface area contributed by atoms with Crippen molar-refractivity contribution in [1.29, 1.82) is 0 Å². The zero-order chi connectivity index (χ0) is 5.11. The minimum Gasteiger partial charge on any atom is -0.260 e. The van der Waals surface area contributed by atoms with E-state index in [1.807, 2.05) is 0 Å². The van der Waals surface area contributed by atoms with Crippen molar-refractivity contribution in [2.45, 2.75) is 0 Å². The van der Waals surface area contributed by atoms with Crippen LogP contribution in [0.1, 0.15) is 0 Å². The first kappa shape index (κ1) is 4.05. The van der Waals surface area contributed by atoms with Crippen molar-refractivity contribution >= 4 is 0 Å². The highest BCUT2D eigenvalue weighted by molar-refractivity contribution is 5.11. The Kier molecular flexibility index (Phi) is 0.898. The number of hydrogen-bond donors (Lipinski definition) is 1. The molecule has 0 bridgehead atoms. The smallest absolute Gasteiger partial charge is 0.0534 e. The Labute approximate surface area is 41.4 Å². The van der Waals surface area contributed by atoms with Crippen LogP contribution in [0.5, 0.6) is 0 Å². The number of hydrogen-bond acceptors (Lipinski definition) is 3. The Balaban J connectivity index is 2.66. The second kappa shape index (κ2) is 1.55. The summed E-state index contributed by atoms with van der Waals surface area (Å²) in [5, 5.41) is 6.95. The highest BCUT2D eigenvalue weighted by Crippen LogP contribution is 1.92. The minimum absolute atomic E-state index is 0.773. The molecule has 1 heterocycles. The van der Waals surface area contributed by atoms with Crippen molar-refractivity contribution in [2.24, 2.45) is 10.3 Å². The Morgan fingerprint density at radius 2 is 2.57 bits per heavy atom. The Morgan fingerprint density at radius 1 is 1.71 bits per heavy atom. The fourth-order valence-corrected chi connectivity index (χ4v) is 0.287. The average molecular weight is 95.1 g/mol. The predicted octanol–water partition coefficient (Wildman–Crippen LogP) is 0.984. The molecule has 0 saturated heterocycles. The molecule has 0 spiro atoms. The maximum atomic E-state index is 3.56. The first-order chi connectivity index (χ1) is 3.39. The lowest BCUT2D eigenvalue weighted by Crippen LogP contribution is -2.01. The van der Waals surface area contributed by atoms with Gasteiger partial charge >= 0.3 is 0 Å². The molecule has 1 rings (SSSR count). The predicted molar refractivity (Wildman–Crippen MR) is 26.3 cm³/mol. The van der Waals surface area contributed by atoms with E-state index in [2.05, 4.69) is 22.3 Å². The van der Waals surface area contributed by atoms with Gasteiger partial charge in [0.1, 0.15) is 0 Å². The highest BCUT2D eigenvalue weighted by atomic mass is 15.4. The number of rotatable bonds is 0. The van der Waals surface area contributed by atoms with Gasteiger partial charge in [0.15, 0.2) is 0 Å². The monoisotopic (exact) mass is 95.0 g/mol. The van der Waals surface area contributed by atoms with Crippen molar-refractivity contribution in [3.8, 4) is 0 Å². The van der Waals surface area contributed by atoms with Crippen molar-refractivity contribution in [3.05, 3.63) is 24.6 Å². The van der Waals surface area contributed by atoms with Gasteiger partial charge in [0.05, 0.1) is 11.9 Å². The summed E-state index contributed by atoms with van der Waals surface area (Å²) in [5.74, 6) is 0. The summed E-state index contributed by atoms with van der Waals surface area (Å²) in [6, 6.07) is 0. The third-order valence-corrected chi connectivity index (χ3v) is 0.594. The zero-order valence-corrected chi connectivity index (χ0v) is 3.76. The van der Waals surface area contributed by atoms with E-state index in [1.54, 1.807) is 12.3 Å². The number of nitrogens with zero attached hydrogens (tertiary/aromatic N) is 2. The van der Waals surface area contributed by atoms with Crippen LogP contribution in [0.2, 0.25) is 0 Å². The SMILES string of the molecule is C=C1C=CN=NN1. The zero-order valence-electron chi connectivity index (χ0n) is 3.76. The van der Waals surface area contributed by atoms with Crippen molar-refractivity contribution < 1.29 is 0 Å². The third-order valence-electron chi connectivity index (χ3n) is 0.594. The van der Waals surface area contributed by atoms with Crippen LogP contribution in [0.4, 0.5) is 0 Å². The highest BCUT2D eigenvalue weighted by Gasteiger charge is 1.84. The van der Waals surface area contributed by atoms with Crippen LogP contribution in [0.3, 0.4) is 0 Å². The summed E-state index contributed by atoms with van der Waals surface area (Å²) in [6.45, 7) is 3.56. The molecule has 0 aromatic rings. The Hall–Kier alpha value is -1.12. The Bertz CT molecular complexity index is 134. The molecule has 0 radical (unpaired) electrons. The van der Waals surface area contributed by atoms with Crippen molar-refractivity contribution in [1.82, 2.24) is 5.43 Å². The molecule has 0 atom stereocenters. The summed E-state index contributed by atoms with van der Waals surface area (Å²) in [4.78, 5) is 0. The van der Waals surface area contributed by atoms with E-state index in [1.165, 1.54) is 0 Å². The second-order valence-electron chi connectivity index (χ2n) is 1.17. The first-order valence-electron chi connectivity index (χ1n) is 1.91. The van der Waals surface area contributed by atoms with Gasteiger partial charge in [-0.3, -0.25) is 5.43 Å². The lowest BCUT2D eigenvalue weighted by Gasteiger charge is -1.96. The molecule has 0 aromatic heterocycles. The van der Waals surface area contributed by atoms with Gasteiger partial charge in [0, 0.05) is 0 Å². The minimum atomic E-state index is 0.773. The molecule has 0 unspecified atom stereocenters. The molecule has 0 saturated carbocycles. The van der Waals surface area contributed by atoms with E-state index in [4.69, 9.17) is 0 Å². The maximum Gasteiger partial charge on any atom is 0.0534 e. The van der Waals surface area contributed by atoms with Crippen LogP contribution >= 0.6 is 0 Å². The van der Waals surface area contributed by atoms with Crippen LogP contribution in [0, 0.1) is 0 Å². The standard InChI is InChI=1S/C4H5N3/c1-4-2-3-5-7-6-4/h2-3H,1H2,(H,5,6). The molecule has 3 heteroatoms. The van der Waals surface area contributed by atoms with Gasteiger partial charge in [-0.05, 0) is 6.08 Å². The lowest BCUT2D eigenvalue weighted by molar-refractivity contribution is 0.816. The quantitative estimate of drug-likeness (QED) is 0.478. The fourth-order valence-electron chi connectivity index (χ4n) is 0.287. The third kappa shape index (κ3) is 0.855. The van der Waals surface area contributed by atoms with Gasteiger partial charge in [-0.25, -0.2) is 0 Å². The topological polar surface area (TPSA) is 36.8 Å². The van der Waals surface area contributed by atoms with E-state index < -0.39 is 0 Å². The molecule has 0 amide bonds. The maximum absolute atomic E-state index is 3.56. The molecule has 36 valence electrons. The summed E-state index contributed by atoms with van der Waals surface area (Å²) >= 11 is 0.